The Morgan fingerprint density at radius 1 is 1.53 bits per heavy atom. The molecule has 6 nitrogen and oxygen atoms in total. The predicted octanol–water partition coefficient (Wildman–Crippen LogP) is 0.746. The minimum absolute atomic E-state index is 0.0524. The van der Waals surface area contributed by atoms with Crippen molar-refractivity contribution in [3.63, 3.8) is 0 Å². The number of halogens is 1. The third kappa shape index (κ3) is 2.97. The number of nitrogens with two attached hydrogens (primary N) is 1. The highest BCUT2D eigenvalue weighted by atomic mass is 35.5. The predicted molar refractivity (Wildman–Crippen MR) is 65.8 cm³/mol. The SMILES string of the molecule is Nc1cnc(Cl)nc1NCC(=O)N1CCCC1. The third-order valence-corrected chi connectivity index (χ3v) is 2.84. The Morgan fingerprint density at radius 2 is 2.24 bits per heavy atom. The van der Waals surface area contributed by atoms with Gasteiger partial charge in [-0.05, 0) is 24.4 Å². The smallest absolute Gasteiger partial charge is 0.241 e. The van der Waals surface area contributed by atoms with Crippen LogP contribution in [0.2, 0.25) is 5.28 Å². The summed E-state index contributed by atoms with van der Waals surface area (Å²) in [6.07, 6.45) is 3.57. The first-order valence-corrected chi connectivity index (χ1v) is 5.84. The zero-order valence-electron chi connectivity index (χ0n) is 9.32. The minimum atomic E-state index is 0.0524. The van der Waals surface area contributed by atoms with Crippen LogP contribution in [-0.2, 0) is 4.79 Å². The lowest BCUT2D eigenvalue weighted by atomic mass is 10.4. The van der Waals surface area contributed by atoms with Crippen LogP contribution >= 0.6 is 11.6 Å². The summed E-state index contributed by atoms with van der Waals surface area (Å²) in [5.74, 6) is 0.453. The Bertz CT molecular complexity index is 419. The Kier molecular flexibility index (Phi) is 3.63. The van der Waals surface area contributed by atoms with Gasteiger partial charge < -0.3 is 16.0 Å². The van der Waals surface area contributed by atoms with Gasteiger partial charge in [0.15, 0.2) is 5.82 Å². The van der Waals surface area contributed by atoms with E-state index in [1.807, 2.05) is 4.90 Å². The van der Waals surface area contributed by atoms with E-state index in [-0.39, 0.29) is 17.7 Å². The number of nitrogen functional groups attached to an aromatic ring is 1. The summed E-state index contributed by atoms with van der Waals surface area (Å²) >= 11 is 5.65. The number of hydrogen-bond donors (Lipinski definition) is 2. The van der Waals surface area contributed by atoms with Gasteiger partial charge in [0.2, 0.25) is 11.2 Å². The maximum Gasteiger partial charge on any atom is 0.241 e. The molecule has 0 saturated carbocycles. The molecule has 92 valence electrons. The highest BCUT2D eigenvalue weighted by Crippen LogP contribution is 2.15. The van der Waals surface area contributed by atoms with Crippen molar-refractivity contribution in [2.75, 3.05) is 30.7 Å². The van der Waals surface area contributed by atoms with Crippen molar-refractivity contribution in [1.82, 2.24) is 14.9 Å². The van der Waals surface area contributed by atoms with E-state index >= 15 is 0 Å². The van der Waals surface area contributed by atoms with E-state index in [4.69, 9.17) is 17.3 Å². The Labute approximate surface area is 104 Å². The molecule has 0 bridgehead atoms. The molecule has 1 aromatic heterocycles. The van der Waals surface area contributed by atoms with Gasteiger partial charge in [0.05, 0.1) is 18.4 Å². The lowest BCUT2D eigenvalue weighted by Gasteiger charge is -2.16. The Hall–Kier alpha value is -1.56. The van der Waals surface area contributed by atoms with Gasteiger partial charge in [-0.15, -0.1) is 0 Å². The first-order chi connectivity index (χ1) is 8.16. The van der Waals surface area contributed by atoms with Gasteiger partial charge in [-0.1, -0.05) is 0 Å². The number of carbonyl (C=O) groups is 1. The molecule has 2 heterocycles. The van der Waals surface area contributed by atoms with Crippen LogP contribution in [0.1, 0.15) is 12.8 Å². The highest BCUT2D eigenvalue weighted by molar-refractivity contribution is 6.28. The molecule has 1 aliphatic heterocycles. The minimum Gasteiger partial charge on any atom is -0.394 e. The van der Waals surface area contributed by atoms with Crippen LogP contribution in [0.25, 0.3) is 0 Å². The second kappa shape index (κ2) is 5.18. The van der Waals surface area contributed by atoms with Gasteiger partial charge in [-0.3, -0.25) is 4.79 Å². The van der Waals surface area contributed by atoms with Crippen molar-refractivity contribution in [1.29, 1.82) is 0 Å². The fourth-order valence-corrected chi connectivity index (χ4v) is 1.88. The quantitative estimate of drug-likeness (QED) is 0.779. The standard InChI is InChI=1S/C10H14ClN5O/c11-10-14-5-7(12)9(15-10)13-6-8(17)16-3-1-2-4-16/h5H,1-4,6,12H2,(H,13,14,15). The summed E-state index contributed by atoms with van der Waals surface area (Å²) in [6, 6.07) is 0. The zero-order valence-corrected chi connectivity index (χ0v) is 10.1. The molecule has 3 N–H and O–H groups in total. The number of amides is 1. The molecule has 0 atom stereocenters. The maximum absolute atomic E-state index is 11.8. The monoisotopic (exact) mass is 255 g/mol. The summed E-state index contributed by atoms with van der Waals surface area (Å²) in [5, 5.41) is 2.99. The second-order valence-corrected chi connectivity index (χ2v) is 4.22. The van der Waals surface area contributed by atoms with Gasteiger partial charge in [0, 0.05) is 13.1 Å². The summed E-state index contributed by atoms with van der Waals surface area (Å²) in [4.78, 5) is 21.2. The lowest BCUT2D eigenvalue weighted by molar-refractivity contribution is -0.128. The number of aromatic nitrogens is 2. The number of rotatable bonds is 3. The summed E-state index contributed by atoms with van der Waals surface area (Å²) in [6.45, 7) is 1.85. The van der Waals surface area contributed by atoms with E-state index in [2.05, 4.69) is 15.3 Å². The van der Waals surface area contributed by atoms with E-state index in [9.17, 15) is 4.79 Å². The Morgan fingerprint density at radius 3 is 2.94 bits per heavy atom. The number of nitrogens with zero attached hydrogens (tertiary/aromatic N) is 3. The molecule has 0 unspecified atom stereocenters. The van der Waals surface area contributed by atoms with Crippen molar-refractivity contribution in [2.24, 2.45) is 0 Å². The van der Waals surface area contributed by atoms with E-state index < -0.39 is 0 Å². The fourth-order valence-electron chi connectivity index (χ4n) is 1.75. The summed E-state index contributed by atoms with van der Waals surface area (Å²) < 4.78 is 0. The van der Waals surface area contributed by atoms with Crippen LogP contribution in [0.3, 0.4) is 0 Å². The van der Waals surface area contributed by atoms with Crippen LogP contribution in [0, 0.1) is 0 Å². The van der Waals surface area contributed by atoms with E-state index in [0.29, 0.717) is 11.5 Å². The van der Waals surface area contributed by atoms with Gasteiger partial charge in [0.25, 0.3) is 0 Å². The van der Waals surface area contributed by atoms with Crippen LogP contribution in [0.4, 0.5) is 11.5 Å². The zero-order chi connectivity index (χ0) is 12.3. The average molecular weight is 256 g/mol. The fraction of sp³-hybridized carbons (Fsp3) is 0.500. The van der Waals surface area contributed by atoms with Crippen LogP contribution in [0.5, 0.6) is 0 Å². The van der Waals surface area contributed by atoms with Gasteiger partial charge in [-0.25, -0.2) is 4.98 Å². The molecule has 0 radical (unpaired) electrons. The van der Waals surface area contributed by atoms with E-state index in [0.717, 1.165) is 25.9 Å². The molecule has 1 amide bonds. The highest BCUT2D eigenvalue weighted by Gasteiger charge is 2.17. The van der Waals surface area contributed by atoms with E-state index in [1.54, 1.807) is 0 Å². The number of hydrogen-bond acceptors (Lipinski definition) is 5. The van der Waals surface area contributed by atoms with Gasteiger partial charge in [0.1, 0.15) is 0 Å². The lowest BCUT2D eigenvalue weighted by Crippen LogP contribution is -2.33. The second-order valence-electron chi connectivity index (χ2n) is 3.88. The summed E-state index contributed by atoms with van der Waals surface area (Å²) in [5.41, 5.74) is 6.04. The van der Waals surface area contributed by atoms with Crippen molar-refractivity contribution in [3.8, 4) is 0 Å². The van der Waals surface area contributed by atoms with Crippen LogP contribution in [-0.4, -0.2) is 40.4 Å². The molecular weight excluding hydrogens is 242 g/mol. The van der Waals surface area contributed by atoms with Crippen molar-refractivity contribution < 1.29 is 4.79 Å². The topological polar surface area (TPSA) is 84.1 Å². The molecule has 0 spiro atoms. The molecule has 1 aromatic rings. The molecule has 7 heteroatoms. The van der Waals surface area contributed by atoms with Crippen molar-refractivity contribution in [2.45, 2.75) is 12.8 Å². The number of likely N-dealkylation sites (tertiary alicyclic amines) is 1. The maximum atomic E-state index is 11.8. The van der Waals surface area contributed by atoms with Crippen molar-refractivity contribution >= 4 is 29.0 Å². The van der Waals surface area contributed by atoms with Gasteiger partial charge in [-0.2, -0.15) is 4.98 Å². The first-order valence-electron chi connectivity index (χ1n) is 5.46. The van der Waals surface area contributed by atoms with Crippen LogP contribution < -0.4 is 11.1 Å². The molecule has 0 aliphatic carbocycles. The van der Waals surface area contributed by atoms with Gasteiger partial charge >= 0.3 is 0 Å². The molecular formula is C10H14ClN5O. The molecule has 17 heavy (non-hydrogen) atoms. The average Bonchev–Trinajstić information content (AvgIpc) is 2.83. The van der Waals surface area contributed by atoms with Crippen LogP contribution in [0.15, 0.2) is 6.20 Å². The largest absolute Gasteiger partial charge is 0.394 e. The Balaban J connectivity index is 1.92. The molecule has 1 fully saturated rings. The number of nitrogens with one attached hydrogen (secondary N) is 1. The number of carbonyl (C=O) groups excluding carboxylic acids is 1. The summed E-state index contributed by atoms with van der Waals surface area (Å²) in [7, 11) is 0. The van der Waals surface area contributed by atoms with Crippen molar-refractivity contribution in [3.05, 3.63) is 11.5 Å². The molecule has 0 aromatic carbocycles. The molecule has 1 aliphatic rings. The normalized spacial score (nSPS) is 15.0. The first kappa shape index (κ1) is 11.9. The number of anilines is 2. The molecule has 1 saturated heterocycles. The third-order valence-electron chi connectivity index (χ3n) is 2.65. The molecule has 2 rings (SSSR count). The van der Waals surface area contributed by atoms with E-state index in [1.165, 1.54) is 6.20 Å².